The van der Waals surface area contributed by atoms with E-state index in [1.165, 1.54) is 0 Å². The molecule has 122 valence electrons. The van der Waals surface area contributed by atoms with Crippen LogP contribution in [0.2, 0.25) is 0 Å². The fraction of sp³-hybridized carbons (Fsp3) is 0.143. The van der Waals surface area contributed by atoms with Crippen molar-refractivity contribution in [1.82, 2.24) is 19.7 Å². The van der Waals surface area contributed by atoms with Gasteiger partial charge in [0.1, 0.15) is 11.3 Å². The lowest BCUT2D eigenvalue weighted by atomic mass is 10.2. The normalized spacial score (nSPS) is 11.9. The predicted octanol–water partition coefficient (Wildman–Crippen LogP) is 1.73. The van der Waals surface area contributed by atoms with E-state index in [0.717, 1.165) is 28.0 Å². The number of halogens is 1. The lowest BCUT2D eigenvalue weighted by Crippen LogP contribution is -2.15. The number of fused-ring (bicyclic) bond motifs is 1. The lowest BCUT2D eigenvalue weighted by Gasteiger charge is -2.08. The number of ether oxygens (including phenoxy) is 1. The Balaban J connectivity index is 0.00000192. The van der Waals surface area contributed by atoms with Crippen LogP contribution >= 0.6 is 12.4 Å². The predicted molar refractivity (Wildman–Crippen MR) is 88.4 cm³/mol. The van der Waals surface area contributed by atoms with Gasteiger partial charge in [-0.2, -0.15) is 0 Å². The summed E-state index contributed by atoms with van der Waals surface area (Å²) in [5.74, 6) is 0.728. The molecule has 0 saturated heterocycles. The molecular formula is C14H14ClN4O3S-. The number of hydrogen-bond acceptors (Lipinski definition) is 5. The Labute approximate surface area is 141 Å². The van der Waals surface area contributed by atoms with Crippen molar-refractivity contribution >= 4 is 34.7 Å². The third-order valence-corrected chi connectivity index (χ3v) is 3.61. The Bertz CT molecular complexity index is 823. The molecule has 1 N–H and O–H groups in total. The fourth-order valence-electron chi connectivity index (χ4n) is 2.12. The number of benzene rings is 2. The van der Waals surface area contributed by atoms with Gasteiger partial charge in [-0.25, -0.2) is 9.40 Å². The topological polar surface area (TPSA) is 92.1 Å². The van der Waals surface area contributed by atoms with Crippen LogP contribution < -0.4 is 9.46 Å². The number of nitrogens with zero attached hydrogens (tertiary/aromatic N) is 3. The van der Waals surface area contributed by atoms with Gasteiger partial charge in [-0.15, -0.1) is 17.5 Å². The monoisotopic (exact) mass is 353 g/mol. The molecule has 3 aromatic rings. The van der Waals surface area contributed by atoms with E-state index in [4.69, 9.17) is 4.74 Å². The number of aromatic nitrogens is 3. The van der Waals surface area contributed by atoms with E-state index in [-0.39, 0.29) is 19.0 Å². The second-order valence-electron chi connectivity index (χ2n) is 4.58. The Kier molecular flexibility index (Phi) is 5.67. The summed E-state index contributed by atoms with van der Waals surface area (Å²) in [6.45, 7) is 0.256. The largest absolute Gasteiger partial charge is 0.760 e. The molecule has 0 saturated carbocycles. The summed E-state index contributed by atoms with van der Waals surface area (Å²) in [6.07, 6.45) is 0. The average molecular weight is 354 g/mol. The quantitative estimate of drug-likeness (QED) is 0.705. The molecule has 0 bridgehead atoms. The molecule has 0 aliphatic rings. The minimum Gasteiger partial charge on any atom is -0.760 e. The van der Waals surface area contributed by atoms with Gasteiger partial charge in [0, 0.05) is 23.9 Å². The summed E-state index contributed by atoms with van der Waals surface area (Å²) in [5, 5.41) is 8.27. The zero-order chi connectivity index (χ0) is 15.5. The van der Waals surface area contributed by atoms with Crippen LogP contribution in [-0.2, 0) is 17.8 Å². The van der Waals surface area contributed by atoms with Gasteiger partial charge < -0.3 is 9.29 Å². The van der Waals surface area contributed by atoms with E-state index in [1.54, 1.807) is 11.8 Å². The first-order valence-electron chi connectivity index (χ1n) is 6.49. The molecule has 1 aromatic heterocycles. The Morgan fingerprint density at radius 1 is 1.26 bits per heavy atom. The maximum Gasteiger partial charge on any atom is 0.121 e. The molecule has 0 aliphatic carbocycles. The summed E-state index contributed by atoms with van der Waals surface area (Å²) in [6, 6.07) is 13.0. The van der Waals surface area contributed by atoms with E-state index in [2.05, 4.69) is 15.0 Å². The maximum absolute atomic E-state index is 10.5. The second-order valence-corrected chi connectivity index (χ2v) is 5.34. The van der Waals surface area contributed by atoms with Crippen LogP contribution in [0, 0.1) is 0 Å². The molecule has 9 heteroatoms. The lowest BCUT2D eigenvalue weighted by molar-refractivity contribution is 0.415. The summed E-state index contributed by atoms with van der Waals surface area (Å²) in [7, 11) is 1.60. The van der Waals surface area contributed by atoms with Crippen LogP contribution in [0.4, 0.5) is 0 Å². The number of hydrogen-bond donors (Lipinski definition) is 1. The van der Waals surface area contributed by atoms with Gasteiger partial charge in [0.25, 0.3) is 0 Å². The first kappa shape index (κ1) is 17.4. The van der Waals surface area contributed by atoms with Crippen molar-refractivity contribution in [2.75, 3.05) is 7.11 Å². The molecule has 0 spiro atoms. The highest BCUT2D eigenvalue weighted by Gasteiger charge is 2.07. The third-order valence-electron chi connectivity index (χ3n) is 3.23. The maximum atomic E-state index is 10.5. The van der Waals surface area contributed by atoms with Gasteiger partial charge >= 0.3 is 0 Å². The number of rotatable bonds is 5. The molecule has 7 nitrogen and oxygen atoms in total. The Morgan fingerprint density at radius 3 is 2.65 bits per heavy atom. The Hall–Kier alpha value is -2.00. The van der Waals surface area contributed by atoms with Crippen molar-refractivity contribution in [2.45, 2.75) is 6.54 Å². The molecule has 0 fully saturated rings. The molecule has 1 atom stereocenters. The van der Waals surface area contributed by atoms with E-state index >= 15 is 0 Å². The van der Waals surface area contributed by atoms with Gasteiger partial charge in [0.05, 0.1) is 18.3 Å². The van der Waals surface area contributed by atoms with Crippen molar-refractivity contribution in [3.05, 3.63) is 48.0 Å². The summed E-state index contributed by atoms with van der Waals surface area (Å²) < 4.78 is 30.2. The van der Waals surface area contributed by atoms with Crippen molar-refractivity contribution in [1.29, 1.82) is 0 Å². The van der Waals surface area contributed by atoms with Crippen LogP contribution in [0.15, 0.2) is 42.5 Å². The van der Waals surface area contributed by atoms with Gasteiger partial charge in [-0.3, -0.25) is 4.21 Å². The van der Waals surface area contributed by atoms with Crippen molar-refractivity contribution in [3.8, 4) is 11.4 Å². The molecule has 1 unspecified atom stereocenters. The zero-order valence-electron chi connectivity index (χ0n) is 12.1. The Morgan fingerprint density at radius 2 is 2.00 bits per heavy atom. The van der Waals surface area contributed by atoms with Crippen molar-refractivity contribution in [3.63, 3.8) is 0 Å². The van der Waals surface area contributed by atoms with Gasteiger partial charge in [-0.05, 0) is 29.8 Å². The molecular weight excluding hydrogens is 340 g/mol. The smallest absolute Gasteiger partial charge is 0.121 e. The molecule has 3 rings (SSSR count). The molecule has 0 radical (unpaired) electrons. The van der Waals surface area contributed by atoms with Crippen LogP contribution in [0.25, 0.3) is 16.7 Å². The molecule has 1 heterocycles. The van der Waals surface area contributed by atoms with Crippen LogP contribution in [-0.4, -0.2) is 30.9 Å². The van der Waals surface area contributed by atoms with E-state index in [1.807, 2.05) is 42.5 Å². The third kappa shape index (κ3) is 3.85. The average Bonchev–Trinajstić information content (AvgIpc) is 2.96. The number of nitrogens with one attached hydrogen (secondary N) is 1. The van der Waals surface area contributed by atoms with Crippen LogP contribution in [0.5, 0.6) is 5.75 Å². The van der Waals surface area contributed by atoms with Crippen molar-refractivity contribution < 1.29 is 13.5 Å². The first-order valence-corrected chi connectivity index (χ1v) is 7.56. The van der Waals surface area contributed by atoms with Gasteiger partial charge in [-0.1, -0.05) is 17.3 Å². The fourth-order valence-corrected chi connectivity index (χ4v) is 2.40. The number of methoxy groups -OCH3 is 1. The highest BCUT2D eigenvalue weighted by Crippen LogP contribution is 2.21. The van der Waals surface area contributed by atoms with E-state index in [9.17, 15) is 8.76 Å². The first-order chi connectivity index (χ1) is 10.7. The molecule has 0 amide bonds. The highest BCUT2D eigenvalue weighted by atomic mass is 35.5. The minimum absolute atomic E-state index is 0. The summed E-state index contributed by atoms with van der Waals surface area (Å²) >= 11 is -2.26. The van der Waals surface area contributed by atoms with Gasteiger partial charge in [0.2, 0.25) is 0 Å². The molecule has 0 aliphatic heterocycles. The van der Waals surface area contributed by atoms with Crippen LogP contribution in [0.1, 0.15) is 5.56 Å². The second kappa shape index (κ2) is 7.51. The van der Waals surface area contributed by atoms with Crippen molar-refractivity contribution in [2.24, 2.45) is 0 Å². The molecule has 2 aromatic carbocycles. The van der Waals surface area contributed by atoms with E-state index in [0.29, 0.717) is 0 Å². The minimum atomic E-state index is -2.26. The summed E-state index contributed by atoms with van der Waals surface area (Å²) in [5.41, 5.74) is 3.32. The standard InChI is InChI=1S/C14H14N4O3S.ClH/c1-21-12-6-7-14-13(8-12)16-17-18(14)11-4-2-10(3-5-11)9-15-22(19)20;/h2-8,15H,9H2,1H3,(H,19,20);1H/p-1. The van der Waals surface area contributed by atoms with Crippen LogP contribution in [0.3, 0.4) is 0 Å². The molecule has 23 heavy (non-hydrogen) atoms. The summed E-state index contributed by atoms with van der Waals surface area (Å²) in [4.78, 5) is 0. The highest BCUT2D eigenvalue weighted by molar-refractivity contribution is 7.77. The SMILES string of the molecule is COc1ccc2c(c1)nnn2-c1ccc(CNS(=O)[O-])cc1.Cl. The van der Waals surface area contributed by atoms with Gasteiger partial charge in [0.15, 0.2) is 0 Å². The van der Waals surface area contributed by atoms with E-state index < -0.39 is 11.3 Å². The zero-order valence-corrected chi connectivity index (χ0v) is 13.8.